The van der Waals surface area contributed by atoms with Crippen molar-refractivity contribution in [1.82, 2.24) is 9.97 Å². The first kappa shape index (κ1) is 17.9. The Labute approximate surface area is 163 Å². The smallest absolute Gasteiger partial charge is 0.270 e. The summed E-state index contributed by atoms with van der Waals surface area (Å²) < 4.78 is 0. The van der Waals surface area contributed by atoms with E-state index in [2.05, 4.69) is 23.0 Å². The molecule has 0 N–H and O–H groups in total. The molecule has 0 fully saturated rings. The van der Waals surface area contributed by atoms with Crippen molar-refractivity contribution < 1.29 is 37.6 Å². The maximum absolute atomic E-state index is 10.8. The van der Waals surface area contributed by atoms with Gasteiger partial charge in [-0.15, -0.1) is 0 Å². The number of aromatic nitrogens is 2. The number of hydrogen-bond acceptors (Lipinski definition) is 4. The molecule has 23 heavy (non-hydrogen) atoms. The van der Waals surface area contributed by atoms with Crippen LogP contribution in [-0.2, 0) is 39.1 Å². The van der Waals surface area contributed by atoms with Gasteiger partial charge in [0, 0.05) is 50.2 Å². The zero-order chi connectivity index (χ0) is 15.7. The normalized spacial score (nSPS) is 10.3. The molecular formula is C16H10ClN3O2Y-2. The van der Waals surface area contributed by atoms with Crippen LogP contribution in [0.5, 0.6) is 0 Å². The van der Waals surface area contributed by atoms with Gasteiger partial charge >= 0.3 is 0 Å². The maximum atomic E-state index is 10.8. The van der Waals surface area contributed by atoms with Crippen molar-refractivity contribution in [2.75, 3.05) is 0 Å². The van der Waals surface area contributed by atoms with Crippen molar-refractivity contribution in [3.05, 3.63) is 70.2 Å². The third kappa shape index (κ3) is 3.74. The van der Waals surface area contributed by atoms with Crippen LogP contribution < -0.4 is 0 Å². The fraction of sp³-hybridized carbons (Fsp3) is 0.0625. The first-order chi connectivity index (χ1) is 10.6. The van der Waals surface area contributed by atoms with Crippen molar-refractivity contribution >= 4 is 28.2 Å². The van der Waals surface area contributed by atoms with Gasteiger partial charge in [-0.1, -0.05) is 17.2 Å². The van der Waals surface area contributed by atoms with E-state index in [0.717, 1.165) is 11.1 Å². The van der Waals surface area contributed by atoms with E-state index in [9.17, 15) is 10.1 Å². The number of nitro groups is 1. The number of fused-ring (bicyclic) bond motifs is 1. The van der Waals surface area contributed by atoms with Gasteiger partial charge in [0.25, 0.3) is 5.69 Å². The van der Waals surface area contributed by atoms with E-state index in [-0.39, 0.29) is 43.5 Å². The molecule has 0 aliphatic rings. The minimum Gasteiger partial charge on any atom is -0.341 e. The summed E-state index contributed by atoms with van der Waals surface area (Å²) >= 11 is 6.17. The summed E-state index contributed by atoms with van der Waals surface area (Å²) in [5, 5.41) is 11.5. The summed E-state index contributed by atoms with van der Waals surface area (Å²) in [6.07, 6.45) is 0.612. The number of rotatable bonds is 3. The molecule has 3 rings (SSSR count). The minimum absolute atomic E-state index is 0. The van der Waals surface area contributed by atoms with Crippen molar-refractivity contribution in [2.45, 2.75) is 6.42 Å². The molecule has 7 heteroatoms. The third-order valence-corrected chi connectivity index (χ3v) is 3.52. The summed E-state index contributed by atoms with van der Waals surface area (Å²) in [6, 6.07) is 12.9. The molecule has 0 saturated carbocycles. The maximum Gasteiger partial charge on any atom is 0.270 e. The van der Waals surface area contributed by atoms with Crippen LogP contribution in [0.3, 0.4) is 0 Å². The SMILES string of the molecule is [CH2-]Cc1[c-]ccc(-c2nc(Cl)c3cc([N+](=O)[O-])ccc3n2)c1.[Y]. The van der Waals surface area contributed by atoms with Crippen LogP contribution in [-0.4, -0.2) is 14.9 Å². The van der Waals surface area contributed by atoms with Crippen LogP contribution in [0.1, 0.15) is 5.56 Å². The first-order valence-corrected chi connectivity index (χ1v) is 6.88. The molecule has 0 atom stereocenters. The standard InChI is InChI=1S/C16H10ClN3O2.Y/c1-2-10-4-3-5-11(8-10)16-18-14-7-6-12(20(21)22)9-13(14)15(17)19-16;/h3,5-9H,1-2H2;/q-2;. The zero-order valence-electron chi connectivity index (χ0n) is 12.0. The van der Waals surface area contributed by atoms with Gasteiger partial charge in [0.15, 0.2) is 0 Å². The number of halogens is 1. The molecular weight excluding hydrogens is 391 g/mol. The van der Waals surface area contributed by atoms with Gasteiger partial charge in [-0.2, -0.15) is 36.2 Å². The summed E-state index contributed by atoms with van der Waals surface area (Å²) in [5.41, 5.74) is 2.27. The van der Waals surface area contributed by atoms with Crippen molar-refractivity contribution in [2.24, 2.45) is 0 Å². The van der Waals surface area contributed by atoms with E-state index in [1.807, 2.05) is 12.1 Å². The molecule has 113 valence electrons. The number of non-ortho nitro benzene ring substituents is 1. The Morgan fingerprint density at radius 1 is 1.26 bits per heavy atom. The summed E-state index contributed by atoms with van der Waals surface area (Å²) in [7, 11) is 0. The van der Waals surface area contributed by atoms with Gasteiger partial charge in [-0.25, -0.2) is 9.97 Å². The van der Waals surface area contributed by atoms with Crippen molar-refractivity contribution in [3.63, 3.8) is 0 Å². The third-order valence-electron chi connectivity index (χ3n) is 3.23. The van der Waals surface area contributed by atoms with Gasteiger partial charge in [-0.05, 0) is 6.07 Å². The molecule has 0 spiro atoms. The molecule has 0 bridgehead atoms. The molecule has 1 radical (unpaired) electrons. The molecule has 0 aliphatic heterocycles. The summed E-state index contributed by atoms with van der Waals surface area (Å²) in [6.45, 7) is 3.82. The van der Waals surface area contributed by atoms with E-state index in [1.54, 1.807) is 12.1 Å². The van der Waals surface area contributed by atoms with E-state index in [4.69, 9.17) is 11.6 Å². The molecule has 1 aromatic heterocycles. The molecule has 1 heterocycles. The van der Waals surface area contributed by atoms with Gasteiger partial charge in [-0.3, -0.25) is 10.1 Å². The Hall–Kier alpha value is -1.43. The molecule has 0 amide bonds. The van der Waals surface area contributed by atoms with Gasteiger partial charge in [0.05, 0.1) is 10.4 Å². The van der Waals surface area contributed by atoms with Gasteiger partial charge in [0.1, 0.15) is 11.0 Å². The van der Waals surface area contributed by atoms with Crippen LogP contribution >= 0.6 is 11.6 Å². The Kier molecular flexibility index (Phi) is 5.79. The van der Waals surface area contributed by atoms with Crippen LogP contribution in [0.15, 0.2) is 36.4 Å². The number of benzene rings is 2. The Balaban J connectivity index is 0.00000192. The first-order valence-electron chi connectivity index (χ1n) is 6.50. The second-order valence-electron chi connectivity index (χ2n) is 4.65. The summed E-state index contributed by atoms with van der Waals surface area (Å²) in [4.78, 5) is 19.0. The van der Waals surface area contributed by atoms with Gasteiger partial charge in [0.2, 0.25) is 0 Å². The molecule has 3 aromatic rings. The van der Waals surface area contributed by atoms with E-state index in [1.165, 1.54) is 12.1 Å². The molecule has 0 aliphatic carbocycles. The zero-order valence-corrected chi connectivity index (χ0v) is 15.6. The fourth-order valence-electron chi connectivity index (χ4n) is 2.12. The predicted octanol–water partition coefficient (Wildman–Crippen LogP) is 4.03. The monoisotopic (exact) mass is 400 g/mol. The van der Waals surface area contributed by atoms with Crippen LogP contribution in [0, 0.1) is 23.1 Å². The topological polar surface area (TPSA) is 68.9 Å². The Morgan fingerprint density at radius 2 is 2.04 bits per heavy atom. The molecule has 0 saturated heterocycles. The van der Waals surface area contributed by atoms with Crippen molar-refractivity contribution in [1.29, 1.82) is 0 Å². The van der Waals surface area contributed by atoms with E-state index < -0.39 is 4.92 Å². The number of nitro benzene ring substituents is 1. The summed E-state index contributed by atoms with van der Waals surface area (Å²) in [5.74, 6) is 0.468. The largest absolute Gasteiger partial charge is 0.341 e. The molecule has 2 aromatic carbocycles. The number of hydrogen-bond donors (Lipinski definition) is 0. The van der Waals surface area contributed by atoms with Crippen LogP contribution in [0.2, 0.25) is 5.15 Å². The van der Waals surface area contributed by atoms with Crippen molar-refractivity contribution in [3.8, 4) is 11.4 Å². The van der Waals surface area contributed by atoms with Gasteiger partial charge < -0.3 is 6.92 Å². The Bertz CT molecular complexity index is 886. The molecule has 0 unspecified atom stereocenters. The average Bonchev–Trinajstić information content (AvgIpc) is 2.54. The van der Waals surface area contributed by atoms with Crippen LogP contribution in [0.25, 0.3) is 22.3 Å². The quantitative estimate of drug-likeness (QED) is 0.288. The predicted molar refractivity (Wildman–Crippen MR) is 84.5 cm³/mol. The van der Waals surface area contributed by atoms with Crippen LogP contribution in [0.4, 0.5) is 5.69 Å². The second kappa shape index (κ2) is 7.43. The Morgan fingerprint density at radius 3 is 2.74 bits per heavy atom. The second-order valence-corrected chi connectivity index (χ2v) is 5.01. The van der Waals surface area contributed by atoms with E-state index >= 15 is 0 Å². The average molecular weight is 401 g/mol. The van der Waals surface area contributed by atoms with E-state index in [0.29, 0.717) is 23.1 Å². The fourth-order valence-corrected chi connectivity index (χ4v) is 2.35. The minimum atomic E-state index is -0.475. The number of nitrogens with zero attached hydrogens (tertiary/aromatic N) is 3. The molecule has 5 nitrogen and oxygen atoms in total.